The minimum Gasteiger partial charge on any atom is -0.494 e. The molecule has 0 aliphatic carbocycles. The number of nitrogens with zero attached hydrogens (tertiary/aromatic N) is 2. The van der Waals surface area contributed by atoms with E-state index in [-0.39, 0.29) is 0 Å². The third-order valence-corrected chi connectivity index (χ3v) is 14.0. The summed E-state index contributed by atoms with van der Waals surface area (Å²) in [6.07, 6.45) is 29.3. The van der Waals surface area contributed by atoms with Crippen molar-refractivity contribution in [3.05, 3.63) is 214 Å². The second-order valence-corrected chi connectivity index (χ2v) is 20.7. The van der Waals surface area contributed by atoms with Gasteiger partial charge in [0.2, 0.25) is 0 Å². The van der Waals surface area contributed by atoms with Gasteiger partial charge in [-0.05, 0) is 157 Å². The molecule has 0 saturated carbocycles. The Labute approximate surface area is 488 Å². The summed E-state index contributed by atoms with van der Waals surface area (Å²) in [6.45, 7) is 5.87. The van der Waals surface area contributed by atoms with E-state index in [1.165, 1.54) is 116 Å². The molecule has 0 aliphatic rings. The molecule has 0 spiro atoms. The molecule has 0 bridgehead atoms. The first-order valence-electron chi connectivity index (χ1n) is 29.9. The van der Waals surface area contributed by atoms with E-state index in [2.05, 4.69) is 47.5 Å². The predicted octanol–water partition coefficient (Wildman–Crippen LogP) is 19.0. The molecular formula is C74H80N2O6. The molecule has 0 aliphatic heterocycles. The number of carbonyl (C=O) groups is 2. The Kier molecular flexibility index (Phi) is 26.9. The molecule has 8 heteroatoms. The molecule has 0 saturated heterocycles. The second kappa shape index (κ2) is 36.0. The fourth-order valence-electron chi connectivity index (χ4n) is 9.05. The topological polar surface area (TPSA) is 95.8 Å². The number of hydrogen-bond acceptors (Lipinski definition) is 8. The first-order chi connectivity index (χ1) is 40.4. The number of unbranched alkanes of at least 4 members (excludes halogenated alkanes) is 18. The summed E-state index contributed by atoms with van der Waals surface area (Å²) in [4.78, 5) is 34.9. The Morgan fingerprint density at radius 2 is 0.671 bits per heavy atom. The lowest BCUT2D eigenvalue weighted by molar-refractivity contribution is 0.0725. The van der Waals surface area contributed by atoms with Gasteiger partial charge in [-0.3, -0.25) is 9.98 Å². The maximum atomic E-state index is 12.9. The smallest absolute Gasteiger partial charge is 0.343 e. The van der Waals surface area contributed by atoms with Crippen LogP contribution in [-0.2, 0) is 0 Å². The number of rotatable bonds is 32. The molecule has 0 amide bonds. The van der Waals surface area contributed by atoms with Crippen molar-refractivity contribution < 1.29 is 28.5 Å². The van der Waals surface area contributed by atoms with Crippen molar-refractivity contribution in [2.24, 2.45) is 9.98 Å². The van der Waals surface area contributed by atoms with E-state index in [1.807, 2.05) is 121 Å². The lowest BCUT2D eigenvalue weighted by atomic mass is 10.1. The maximum absolute atomic E-state index is 12.9. The zero-order chi connectivity index (χ0) is 57.1. The molecule has 7 aromatic rings. The van der Waals surface area contributed by atoms with Gasteiger partial charge in [0, 0.05) is 34.7 Å². The van der Waals surface area contributed by atoms with Gasteiger partial charge < -0.3 is 18.9 Å². The molecule has 7 aromatic carbocycles. The zero-order valence-corrected chi connectivity index (χ0v) is 48.2. The van der Waals surface area contributed by atoms with E-state index in [4.69, 9.17) is 18.9 Å². The molecule has 0 unspecified atom stereocenters. The van der Waals surface area contributed by atoms with Crippen LogP contribution in [0.2, 0.25) is 0 Å². The van der Waals surface area contributed by atoms with Crippen molar-refractivity contribution in [3.63, 3.8) is 0 Å². The van der Waals surface area contributed by atoms with Crippen molar-refractivity contribution >= 4 is 35.7 Å². The van der Waals surface area contributed by atoms with Crippen molar-refractivity contribution in [3.8, 4) is 46.7 Å². The van der Waals surface area contributed by atoms with Crippen LogP contribution in [0.5, 0.6) is 23.0 Å². The van der Waals surface area contributed by atoms with Gasteiger partial charge in [-0.2, -0.15) is 0 Å². The average molecular weight is 1090 g/mol. The van der Waals surface area contributed by atoms with E-state index in [0.29, 0.717) is 35.8 Å². The summed E-state index contributed by atoms with van der Waals surface area (Å²) in [5.41, 5.74) is 7.64. The van der Waals surface area contributed by atoms with Crippen LogP contribution >= 0.6 is 0 Å². The van der Waals surface area contributed by atoms with Crippen molar-refractivity contribution in [1.82, 2.24) is 0 Å². The number of esters is 2. The van der Waals surface area contributed by atoms with Crippen molar-refractivity contribution in [1.29, 1.82) is 0 Å². The molecule has 7 rings (SSSR count). The molecule has 0 atom stereocenters. The summed E-state index contributed by atoms with van der Waals surface area (Å²) in [6, 6.07) is 52.1. The highest BCUT2D eigenvalue weighted by Crippen LogP contribution is 2.23. The number of aliphatic imine (C=N–C) groups is 2. The average Bonchev–Trinajstić information content (AvgIpc) is 3.52. The molecular weight excluding hydrogens is 1010 g/mol. The summed E-state index contributed by atoms with van der Waals surface area (Å²) >= 11 is 0. The monoisotopic (exact) mass is 1090 g/mol. The maximum Gasteiger partial charge on any atom is 0.343 e. The molecule has 0 heterocycles. The molecule has 8 nitrogen and oxygen atoms in total. The fraction of sp³-hybridized carbons (Fsp3) is 0.324. The molecule has 0 fully saturated rings. The Balaban J connectivity index is 0.794. The third-order valence-electron chi connectivity index (χ3n) is 14.0. The number of ether oxygens (including phenoxy) is 4. The lowest BCUT2D eigenvalue weighted by Gasteiger charge is -2.08. The summed E-state index contributed by atoms with van der Waals surface area (Å²) in [5, 5.41) is 0. The molecule has 0 aromatic heterocycles. The van der Waals surface area contributed by atoms with Gasteiger partial charge in [-0.25, -0.2) is 9.59 Å². The van der Waals surface area contributed by atoms with E-state index in [0.717, 1.165) is 69.1 Å². The Bertz CT molecular complexity index is 2960. The van der Waals surface area contributed by atoms with Crippen LogP contribution in [0.1, 0.15) is 196 Å². The van der Waals surface area contributed by atoms with Crippen LogP contribution in [0.15, 0.2) is 180 Å². The minimum absolute atomic E-state index is 0.426. The van der Waals surface area contributed by atoms with Crippen LogP contribution in [-0.4, -0.2) is 37.6 Å². The van der Waals surface area contributed by atoms with Crippen LogP contribution in [0, 0.1) is 23.7 Å². The Morgan fingerprint density at radius 3 is 1.01 bits per heavy atom. The zero-order valence-electron chi connectivity index (χ0n) is 48.2. The first-order valence-corrected chi connectivity index (χ1v) is 29.9. The van der Waals surface area contributed by atoms with E-state index >= 15 is 0 Å². The highest BCUT2D eigenvalue weighted by atomic mass is 16.5. The predicted molar refractivity (Wildman–Crippen MR) is 336 cm³/mol. The van der Waals surface area contributed by atoms with Crippen LogP contribution in [0.25, 0.3) is 0 Å². The van der Waals surface area contributed by atoms with Gasteiger partial charge in [-0.15, -0.1) is 0 Å². The van der Waals surface area contributed by atoms with E-state index < -0.39 is 11.9 Å². The normalized spacial score (nSPS) is 11.0. The Morgan fingerprint density at radius 1 is 0.354 bits per heavy atom. The van der Waals surface area contributed by atoms with E-state index in [9.17, 15) is 9.59 Å². The highest BCUT2D eigenvalue weighted by molar-refractivity contribution is 5.92. The highest BCUT2D eigenvalue weighted by Gasteiger charge is 2.11. The molecule has 0 N–H and O–H groups in total. The molecule has 0 radical (unpaired) electrons. The van der Waals surface area contributed by atoms with Crippen LogP contribution in [0.3, 0.4) is 0 Å². The van der Waals surface area contributed by atoms with Gasteiger partial charge in [-0.1, -0.05) is 190 Å². The van der Waals surface area contributed by atoms with Crippen LogP contribution in [0.4, 0.5) is 11.4 Å². The largest absolute Gasteiger partial charge is 0.494 e. The van der Waals surface area contributed by atoms with Gasteiger partial charge in [0.15, 0.2) is 0 Å². The second-order valence-electron chi connectivity index (χ2n) is 20.7. The van der Waals surface area contributed by atoms with E-state index in [1.54, 1.807) is 61.0 Å². The molecule has 82 heavy (non-hydrogen) atoms. The lowest BCUT2D eigenvalue weighted by Crippen LogP contribution is -2.08. The van der Waals surface area contributed by atoms with Gasteiger partial charge in [0.25, 0.3) is 0 Å². The quantitative estimate of drug-likeness (QED) is 0.0137. The summed E-state index contributed by atoms with van der Waals surface area (Å²) in [5.74, 6) is 14.7. The number of carbonyl (C=O) groups excluding carboxylic acids is 2. The number of benzene rings is 7. The number of hydrogen-bond donors (Lipinski definition) is 0. The van der Waals surface area contributed by atoms with Crippen molar-refractivity contribution in [2.45, 2.75) is 142 Å². The first kappa shape index (κ1) is 61.2. The van der Waals surface area contributed by atoms with Crippen LogP contribution < -0.4 is 18.9 Å². The van der Waals surface area contributed by atoms with Gasteiger partial charge >= 0.3 is 11.9 Å². The fourth-order valence-corrected chi connectivity index (χ4v) is 9.05. The summed E-state index contributed by atoms with van der Waals surface area (Å²) < 4.78 is 23.1. The Hall–Kier alpha value is -8.46. The van der Waals surface area contributed by atoms with Gasteiger partial charge in [0.1, 0.15) is 23.0 Å². The SMILES string of the molecule is CCCCCCCCCCCCOc1ccc(C(=O)Oc2ccc(N=Cc3ccc(C#Cc4ccccc4C#Cc4ccc(C=Nc5ccc(OC(=O)c6ccc(OCCCCCCCCCCCC)cc6)cc5)cc4)cc3)cc2)cc1. The minimum atomic E-state index is -0.426. The van der Waals surface area contributed by atoms with Crippen molar-refractivity contribution in [2.75, 3.05) is 13.2 Å². The summed E-state index contributed by atoms with van der Waals surface area (Å²) in [7, 11) is 0. The van der Waals surface area contributed by atoms with Gasteiger partial charge in [0.05, 0.1) is 35.7 Å². The molecule has 422 valence electrons. The third kappa shape index (κ3) is 23.0. The standard InChI is InChI=1S/C74H80N2O6/c1-3-5-7-9-11-13-15-17-19-23-55-79-69-47-39-65(40-48-69)73(77)81-71-51-43-67(44-52-71)75-57-61-31-27-59(28-32-61)35-37-63-25-21-22-26-64(63)38-36-60-29-33-62(34-30-60)58-76-68-45-53-72(54-46-68)82-74(78)66-41-49-70(50-42-66)80-56-24-20-18-16-14-12-10-8-6-4-2/h21-22,25-34,39-54,57-58H,3-20,23-24,55-56H2,1-2H3.